The van der Waals surface area contributed by atoms with Crippen LogP contribution in [0.15, 0.2) is 42.6 Å². The Kier molecular flexibility index (Phi) is 4.30. The summed E-state index contributed by atoms with van der Waals surface area (Å²) >= 11 is 0. The van der Waals surface area contributed by atoms with Crippen molar-refractivity contribution in [1.29, 1.82) is 0 Å². The molecule has 0 unspecified atom stereocenters. The molecular weight excluding hydrogens is 432 g/mol. The van der Waals surface area contributed by atoms with E-state index in [0.29, 0.717) is 23.1 Å². The van der Waals surface area contributed by atoms with Gasteiger partial charge in [0.05, 0.1) is 11.4 Å². The second-order valence-electron chi connectivity index (χ2n) is 8.88. The normalized spacial score (nSPS) is 16.5. The molecule has 172 valence electrons. The Bertz CT molecular complexity index is 1470. The molecule has 6 rings (SSSR count). The topological polar surface area (TPSA) is 137 Å². The average Bonchev–Trinajstić information content (AvgIpc) is 3.48. The maximum Gasteiger partial charge on any atom is 0.267 e. The first-order valence-corrected chi connectivity index (χ1v) is 11.1. The molecule has 1 aromatic carbocycles. The fourth-order valence-corrected chi connectivity index (χ4v) is 4.46. The van der Waals surface area contributed by atoms with Crippen LogP contribution < -0.4 is 16.8 Å². The maximum absolute atomic E-state index is 12.3. The lowest BCUT2D eigenvalue weighted by atomic mass is 10.0. The SMILES string of the molecule is Cc1c(N)cccc1-c1cc2cc(Nc3cc4n(n3)CC(=O)N(C)OC43CC3)ncc2c(N)n1. The van der Waals surface area contributed by atoms with E-state index in [9.17, 15) is 4.79 Å². The summed E-state index contributed by atoms with van der Waals surface area (Å²) in [7, 11) is 1.65. The number of hydroxylamine groups is 2. The Labute approximate surface area is 195 Å². The molecule has 1 aliphatic carbocycles. The van der Waals surface area contributed by atoms with Gasteiger partial charge in [-0.2, -0.15) is 5.10 Å². The van der Waals surface area contributed by atoms with Gasteiger partial charge in [-0.25, -0.2) is 15.0 Å². The number of hydrogen-bond acceptors (Lipinski definition) is 8. The van der Waals surface area contributed by atoms with Crippen LogP contribution in [0.5, 0.6) is 0 Å². The van der Waals surface area contributed by atoms with E-state index in [4.69, 9.17) is 16.3 Å². The predicted molar refractivity (Wildman–Crippen MR) is 129 cm³/mol. The van der Waals surface area contributed by atoms with Crippen molar-refractivity contribution in [1.82, 2.24) is 24.8 Å². The van der Waals surface area contributed by atoms with Gasteiger partial charge >= 0.3 is 0 Å². The van der Waals surface area contributed by atoms with Crippen LogP contribution in [0.25, 0.3) is 22.0 Å². The number of nitrogen functional groups attached to an aromatic ring is 2. The van der Waals surface area contributed by atoms with E-state index in [-0.39, 0.29) is 12.5 Å². The lowest BCUT2D eigenvalue weighted by Crippen LogP contribution is -2.30. The Morgan fingerprint density at radius 1 is 1.15 bits per heavy atom. The fraction of sp³-hybridized carbons (Fsp3) is 0.250. The number of hydrogen-bond donors (Lipinski definition) is 3. The number of fused-ring (bicyclic) bond motifs is 3. The standard InChI is InChI=1S/C24H24N8O2/c1-13-15(4-3-5-17(13)25)18-8-14-9-20(27-11-16(14)23(26)28-18)29-21-10-19-24(6-7-24)34-31(2)22(33)12-32(19)30-21/h3-5,8-11H,6-7,12,25H2,1-2H3,(H2,26,28)(H,27,29,30). The summed E-state index contributed by atoms with van der Waals surface area (Å²) in [5, 5.41) is 10.8. The van der Waals surface area contributed by atoms with Crippen LogP contribution in [0.4, 0.5) is 23.1 Å². The number of nitrogens with one attached hydrogen (secondary N) is 1. The second-order valence-corrected chi connectivity index (χ2v) is 8.88. The van der Waals surface area contributed by atoms with Crippen molar-refractivity contribution in [2.24, 2.45) is 0 Å². The van der Waals surface area contributed by atoms with Crippen molar-refractivity contribution < 1.29 is 9.63 Å². The highest BCUT2D eigenvalue weighted by Crippen LogP contribution is 2.51. The molecule has 34 heavy (non-hydrogen) atoms. The monoisotopic (exact) mass is 456 g/mol. The highest BCUT2D eigenvalue weighted by molar-refractivity contribution is 5.95. The summed E-state index contributed by atoms with van der Waals surface area (Å²) in [5.74, 6) is 1.47. The average molecular weight is 457 g/mol. The van der Waals surface area contributed by atoms with Crippen molar-refractivity contribution in [3.05, 3.63) is 53.9 Å². The predicted octanol–water partition coefficient (Wildman–Crippen LogP) is 3.10. The largest absolute Gasteiger partial charge is 0.398 e. The number of aromatic nitrogens is 4. The minimum absolute atomic E-state index is 0.130. The first-order chi connectivity index (χ1) is 16.3. The molecule has 10 heteroatoms. The van der Waals surface area contributed by atoms with Crippen LogP contribution in [0, 0.1) is 6.92 Å². The Balaban J connectivity index is 1.36. The minimum atomic E-state index is -0.477. The van der Waals surface area contributed by atoms with E-state index >= 15 is 0 Å². The molecule has 0 saturated heterocycles. The fourth-order valence-electron chi connectivity index (χ4n) is 4.46. The maximum atomic E-state index is 12.3. The number of carbonyl (C=O) groups excluding carboxylic acids is 1. The number of nitrogens with zero attached hydrogens (tertiary/aromatic N) is 5. The highest BCUT2D eigenvalue weighted by atomic mass is 16.7. The van der Waals surface area contributed by atoms with Crippen molar-refractivity contribution in [3.8, 4) is 11.3 Å². The van der Waals surface area contributed by atoms with E-state index in [1.54, 1.807) is 17.9 Å². The van der Waals surface area contributed by atoms with Crippen LogP contribution >= 0.6 is 0 Å². The number of nitrogens with two attached hydrogens (primary N) is 2. The number of anilines is 4. The van der Waals surface area contributed by atoms with Gasteiger partial charge in [-0.05, 0) is 48.9 Å². The van der Waals surface area contributed by atoms with Gasteiger partial charge in [-0.15, -0.1) is 0 Å². The van der Waals surface area contributed by atoms with E-state index in [2.05, 4.69) is 20.4 Å². The number of carbonyl (C=O) groups is 1. The van der Waals surface area contributed by atoms with E-state index in [1.165, 1.54) is 5.06 Å². The van der Waals surface area contributed by atoms with Gasteiger partial charge in [0.1, 0.15) is 23.8 Å². The Morgan fingerprint density at radius 2 is 1.97 bits per heavy atom. The molecule has 1 aliphatic heterocycles. The summed E-state index contributed by atoms with van der Waals surface area (Å²) in [5.41, 5.74) is 16.1. The van der Waals surface area contributed by atoms with E-state index in [1.807, 2.05) is 43.3 Å². The number of benzene rings is 1. The van der Waals surface area contributed by atoms with E-state index < -0.39 is 5.60 Å². The Hall–Kier alpha value is -4.18. The first kappa shape index (κ1) is 20.4. The van der Waals surface area contributed by atoms with Gasteiger partial charge in [-0.1, -0.05) is 12.1 Å². The summed E-state index contributed by atoms with van der Waals surface area (Å²) in [6.07, 6.45) is 3.39. The summed E-state index contributed by atoms with van der Waals surface area (Å²) in [6, 6.07) is 11.6. The third-order valence-corrected chi connectivity index (χ3v) is 6.55. The quantitative estimate of drug-likeness (QED) is 0.400. The van der Waals surface area contributed by atoms with Crippen LogP contribution in [0.1, 0.15) is 24.1 Å². The number of amides is 1. The third kappa shape index (κ3) is 3.22. The molecule has 4 aromatic rings. The second kappa shape index (κ2) is 7.16. The molecule has 0 atom stereocenters. The summed E-state index contributed by atoms with van der Waals surface area (Å²) in [4.78, 5) is 27.3. The van der Waals surface area contributed by atoms with Crippen LogP contribution in [0.3, 0.4) is 0 Å². The Morgan fingerprint density at radius 3 is 2.76 bits per heavy atom. The molecular formula is C24H24N8O2. The van der Waals surface area contributed by atoms with Gasteiger partial charge < -0.3 is 16.8 Å². The number of rotatable bonds is 3. The van der Waals surface area contributed by atoms with Crippen molar-refractivity contribution in [3.63, 3.8) is 0 Å². The van der Waals surface area contributed by atoms with Crippen molar-refractivity contribution in [2.75, 3.05) is 23.8 Å². The van der Waals surface area contributed by atoms with Crippen LogP contribution in [-0.2, 0) is 21.8 Å². The zero-order valence-corrected chi connectivity index (χ0v) is 18.9. The van der Waals surface area contributed by atoms with Gasteiger partial charge in [0.15, 0.2) is 5.82 Å². The van der Waals surface area contributed by atoms with Gasteiger partial charge in [0.25, 0.3) is 5.91 Å². The molecule has 5 N–H and O–H groups in total. The summed E-state index contributed by atoms with van der Waals surface area (Å²) < 4.78 is 1.71. The molecule has 4 heterocycles. The summed E-state index contributed by atoms with van der Waals surface area (Å²) in [6.45, 7) is 2.10. The van der Waals surface area contributed by atoms with Gasteiger partial charge in [0.2, 0.25) is 0 Å². The highest BCUT2D eigenvalue weighted by Gasteiger charge is 2.52. The number of likely N-dealkylation sites (N-methyl/N-ethyl adjacent to an activating group) is 1. The molecule has 1 saturated carbocycles. The molecule has 1 fully saturated rings. The van der Waals surface area contributed by atoms with E-state index in [0.717, 1.165) is 46.1 Å². The van der Waals surface area contributed by atoms with Crippen LogP contribution in [0.2, 0.25) is 0 Å². The lowest BCUT2D eigenvalue weighted by Gasteiger charge is -2.19. The minimum Gasteiger partial charge on any atom is -0.398 e. The first-order valence-electron chi connectivity index (χ1n) is 11.1. The molecule has 0 radical (unpaired) electrons. The van der Waals surface area contributed by atoms with Gasteiger partial charge in [-0.3, -0.25) is 14.3 Å². The molecule has 1 spiro atoms. The van der Waals surface area contributed by atoms with Crippen molar-refractivity contribution >= 4 is 39.8 Å². The van der Waals surface area contributed by atoms with Crippen LogP contribution in [-0.4, -0.2) is 37.8 Å². The smallest absolute Gasteiger partial charge is 0.267 e. The van der Waals surface area contributed by atoms with Crippen molar-refractivity contribution in [2.45, 2.75) is 31.9 Å². The zero-order valence-electron chi connectivity index (χ0n) is 18.9. The molecule has 10 nitrogen and oxygen atoms in total. The molecule has 1 amide bonds. The lowest BCUT2D eigenvalue weighted by molar-refractivity contribution is -0.203. The third-order valence-electron chi connectivity index (χ3n) is 6.55. The van der Waals surface area contributed by atoms with Gasteiger partial charge in [0, 0.05) is 35.9 Å². The molecule has 3 aromatic heterocycles. The number of pyridine rings is 2. The zero-order chi connectivity index (χ0) is 23.6. The molecule has 2 aliphatic rings. The molecule has 0 bridgehead atoms.